The molecule has 124 valence electrons. The summed E-state index contributed by atoms with van der Waals surface area (Å²) in [6.07, 6.45) is 5.62. The predicted molar refractivity (Wildman–Crippen MR) is 76.7 cm³/mol. The fourth-order valence-corrected chi connectivity index (χ4v) is 2.78. The van der Waals surface area contributed by atoms with E-state index in [9.17, 15) is 8.78 Å². The summed E-state index contributed by atoms with van der Waals surface area (Å²) < 4.78 is 38.6. The average molecular weight is 333 g/mol. The Morgan fingerprint density at radius 3 is 2.96 bits per heavy atom. The molecule has 0 radical (unpaired) electrons. The van der Waals surface area contributed by atoms with Gasteiger partial charge in [-0.05, 0) is 12.1 Å². The van der Waals surface area contributed by atoms with E-state index in [1.165, 1.54) is 24.9 Å². The van der Waals surface area contributed by atoms with Gasteiger partial charge in [0.25, 0.3) is 11.8 Å². The van der Waals surface area contributed by atoms with Crippen molar-refractivity contribution in [2.45, 2.75) is 24.9 Å². The van der Waals surface area contributed by atoms with Gasteiger partial charge in [-0.2, -0.15) is 0 Å². The standard InChI is InChI=1S/C15H13F2N5O2/c16-15(17)6-12(22(9-15)8-10-2-1-5-23-10)14-21-20-13(24-14)11-7-18-3-4-19-11/h1-5,7,12H,6,8-9H2/t12-/m0/s1. The van der Waals surface area contributed by atoms with Gasteiger partial charge in [-0.3, -0.25) is 9.88 Å². The summed E-state index contributed by atoms with van der Waals surface area (Å²) >= 11 is 0. The molecule has 0 aromatic carbocycles. The van der Waals surface area contributed by atoms with Gasteiger partial charge in [-0.25, -0.2) is 13.8 Å². The summed E-state index contributed by atoms with van der Waals surface area (Å²) in [5, 5.41) is 7.83. The van der Waals surface area contributed by atoms with E-state index in [2.05, 4.69) is 20.2 Å². The summed E-state index contributed by atoms with van der Waals surface area (Å²) in [6, 6.07) is 2.78. The van der Waals surface area contributed by atoms with Crippen molar-refractivity contribution >= 4 is 0 Å². The molecule has 1 aliphatic heterocycles. The molecule has 4 heterocycles. The Labute approximate surface area is 135 Å². The van der Waals surface area contributed by atoms with Gasteiger partial charge in [0.2, 0.25) is 5.89 Å². The molecule has 1 saturated heterocycles. The van der Waals surface area contributed by atoms with Crippen molar-refractivity contribution in [1.82, 2.24) is 25.1 Å². The lowest BCUT2D eigenvalue weighted by Gasteiger charge is -2.19. The fourth-order valence-electron chi connectivity index (χ4n) is 2.78. The first kappa shape index (κ1) is 14.9. The van der Waals surface area contributed by atoms with Gasteiger partial charge >= 0.3 is 0 Å². The second-order valence-electron chi connectivity index (χ2n) is 5.60. The van der Waals surface area contributed by atoms with Gasteiger partial charge in [0.05, 0.1) is 31.6 Å². The van der Waals surface area contributed by atoms with Crippen molar-refractivity contribution in [2.24, 2.45) is 0 Å². The molecular formula is C15H13F2N5O2. The maximum absolute atomic E-state index is 13.9. The number of likely N-dealkylation sites (tertiary alicyclic amines) is 1. The zero-order valence-corrected chi connectivity index (χ0v) is 12.5. The van der Waals surface area contributed by atoms with Crippen LogP contribution < -0.4 is 0 Å². The van der Waals surface area contributed by atoms with Crippen LogP contribution in [0.4, 0.5) is 8.78 Å². The van der Waals surface area contributed by atoms with Crippen LogP contribution in [-0.4, -0.2) is 37.5 Å². The van der Waals surface area contributed by atoms with E-state index in [-0.39, 0.29) is 31.3 Å². The van der Waals surface area contributed by atoms with Crippen molar-refractivity contribution in [1.29, 1.82) is 0 Å². The van der Waals surface area contributed by atoms with E-state index < -0.39 is 12.0 Å². The maximum Gasteiger partial charge on any atom is 0.267 e. The highest BCUT2D eigenvalue weighted by molar-refractivity contribution is 5.43. The predicted octanol–water partition coefficient (Wildman–Crippen LogP) is 2.70. The largest absolute Gasteiger partial charge is 0.468 e. The van der Waals surface area contributed by atoms with Crippen molar-refractivity contribution in [3.05, 3.63) is 48.6 Å². The topological polar surface area (TPSA) is 81.1 Å². The molecular weight excluding hydrogens is 320 g/mol. The van der Waals surface area contributed by atoms with Crippen LogP contribution in [0.15, 0.2) is 45.8 Å². The highest BCUT2D eigenvalue weighted by Gasteiger charge is 2.47. The number of hydrogen-bond acceptors (Lipinski definition) is 7. The number of rotatable bonds is 4. The van der Waals surface area contributed by atoms with Crippen molar-refractivity contribution in [3.8, 4) is 11.6 Å². The van der Waals surface area contributed by atoms with Gasteiger partial charge in [0.15, 0.2) is 0 Å². The van der Waals surface area contributed by atoms with Crippen LogP contribution in [0.1, 0.15) is 24.1 Å². The number of furan rings is 1. The number of nitrogens with zero attached hydrogens (tertiary/aromatic N) is 5. The molecule has 0 saturated carbocycles. The molecule has 0 unspecified atom stereocenters. The zero-order valence-electron chi connectivity index (χ0n) is 12.5. The second kappa shape index (κ2) is 5.75. The minimum atomic E-state index is -2.82. The normalized spacial score (nSPS) is 20.5. The van der Waals surface area contributed by atoms with Gasteiger partial charge in [-0.15, -0.1) is 10.2 Å². The molecule has 3 aromatic rings. The third-order valence-electron chi connectivity index (χ3n) is 3.81. The van der Waals surface area contributed by atoms with Crippen LogP contribution in [0.25, 0.3) is 11.6 Å². The Bertz CT molecular complexity index is 806. The van der Waals surface area contributed by atoms with Gasteiger partial charge < -0.3 is 8.83 Å². The summed E-state index contributed by atoms with van der Waals surface area (Å²) in [4.78, 5) is 9.56. The number of halogens is 2. The second-order valence-corrected chi connectivity index (χ2v) is 5.60. The quantitative estimate of drug-likeness (QED) is 0.726. The van der Waals surface area contributed by atoms with Gasteiger partial charge in [0.1, 0.15) is 11.5 Å². The lowest BCUT2D eigenvalue weighted by atomic mass is 10.2. The van der Waals surface area contributed by atoms with E-state index in [4.69, 9.17) is 8.83 Å². The van der Waals surface area contributed by atoms with Crippen molar-refractivity contribution in [3.63, 3.8) is 0 Å². The number of alkyl halides is 2. The Kier molecular flexibility index (Phi) is 3.57. The van der Waals surface area contributed by atoms with Gasteiger partial charge in [0, 0.05) is 18.8 Å². The van der Waals surface area contributed by atoms with Crippen LogP contribution >= 0.6 is 0 Å². The average Bonchev–Trinajstić information content (AvgIpc) is 3.29. The van der Waals surface area contributed by atoms with Crippen molar-refractivity contribution in [2.75, 3.05) is 6.54 Å². The summed E-state index contributed by atoms with van der Waals surface area (Å²) in [7, 11) is 0. The third-order valence-corrected chi connectivity index (χ3v) is 3.81. The van der Waals surface area contributed by atoms with Crippen molar-refractivity contribution < 1.29 is 17.6 Å². The molecule has 24 heavy (non-hydrogen) atoms. The van der Waals surface area contributed by atoms with Crippen LogP contribution in [0.2, 0.25) is 0 Å². The monoisotopic (exact) mass is 333 g/mol. The Hall–Kier alpha value is -2.68. The lowest BCUT2D eigenvalue weighted by molar-refractivity contribution is 0.0108. The Balaban J connectivity index is 1.60. The molecule has 1 aliphatic rings. The van der Waals surface area contributed by atoms with Crippen LogP contribution in [0.5, 0.6) is 0 Å². The molecule has 9 heteroatoms. The number of aromatic nitrogens is 4. The molecule has 4 rings (SSSR count). The van der Waals surface area contributed by atoms with E-state index in [1.54, 1.807) is 17.0 Å². The SMILES string of the molecule is FC1(F)C[C@@H](c2nnc(-c3cnccn3)o2)N(Cc2ccco2)C1. The first-order valence-corrected chi connectivity index (χ1v) is 7.35. The summed E-state index contributed by atoms with van der Waals surface area (Å²) in [5.74, 6) is -1.92. The van der Waals surface area contributed by atoms with Crippen LogP contribution in [-0.2, 0) is 6.54 Å². The van der Waals surface area contributed by atoms with E-state index in [0.717, 1.165) is 0 Å². The first-order valence-electron chi connectivity index (χ1n) is 7.35. The molecule has 0 amide bonds. The lowest BCUT2D eigenvalue weighted by Crippen LogP contribution is -2.26. The minimum absolute atomic E-state index is 0.138. The summed E-state index contributed by atoms with van der Waals surface area (Å²) in [6.45, 7) is -0.142. The van der Waals surface area contributed by atoms with E-state index >= 15 is 0 Å². The van der Waals surface area contributed by atoms with Crippen LogP contribution in [0.3, 0.4) is 0 Å². The Morgan fingerprint density at radius 2 is 2.21 bits per heavy atom. The maximum atomic E-state index is 13.9. The highest BCUT2D eigenvalue weighted by atomic mass is 19.3. The smallest absolute Gasteiger partial charge is 0.267 e. The minimum Gasteiger partial charge on any atom is -0.468 e. The number of hydrogen-bond donors (Lipinski definition) is 0. The molecule has 0 aliphatic carbocycles. The van der Waals surface area contributed by atoms with Crippen LogP contribution in [0, 0.1) is 0 Å². The fraction of sp³-hybridized carbons (Fsp3) is 0.333. The Morgan fingerprint density at radius 1 is 1.29 bits per heavy atom. The molecule has 1 fully saturated rings. The molecule has 7 nitrogen and oxygen atoms in total. The highest BCUT2D eigenvalue weighted by Crippen LogP contribution is 2.41. The molecule has 3 aromatic heterocycles. The van der Waals surface area contributed by atoms with E-state index in [1.807, 2.05) is 0 Å². The molecule has 0 bridgehead atoms. The van der Waals surface area contributed by atoms with Gasteiger partial charge in [-0.1, -0.05) is 0 Å². The van der Waals surface area contributed by atoms with E-state index in [0.29, 0.717) is 11.5 Å². The third kappa shape index (κ3) is 2.90. The molecule has 0 spiro atoms. The molecule has 1 atom stereocenters. The molecule has 0 N–H and O–H groups in total. The summed E-state index contributed by atoms with van der Waals surface area (Å²) in [5.41, 5.74) is 0.401. The zero-order chi connectivity index (χ0) is 16.6. The first-order chi connectivity index (χ1) is 11.6.